The molecule has 0 aromatic heterocycles. The molecule has 0 aliphatic carbocycles. The highest BCUT2D eigenvalue weighted by molar-refractivity contribution is 7.80. The fraction of sp³-hybridized carbons (Fsp3) is 0.250. The summed E-state index contributed by atoms with van der Waals surface area (Å²) in [5.41, 5.74) is 2.38. The lowest BCUT2D eigenvalue weighted by Crippen LogP contribution is -2.19. The Morgan fingerprint density at radius 1 is 1.26 bits per heavy atom. The van der Waals surface area contributed by atoms with Crippen molar-refractivity contribution in [1.82, 2.24) is 0 Å². The second-order valence-corrected chi connectivity index (χ2v) is 6.03. The Kier molecular flexibility index (Phi) is 6.27. The summed E-state index contributed by atoms with van der Waals surface area (Å²) in [6, 6.07) is 12.6. The summed E-state index contributed by atoms with van der Waals surface area (Å²) in [4.78, 5) is 0. The van der Waals surface area contributed by atoms with Crippen LogP contribution < -0.4 is 13.8 Å². The van der Waals surface area contributed by atoms with Gasteiger partial charge in [0, 0.05) is 29.9 Å². The molecule has 0 bridgehead atoms. The van der Waals surface area contributed by atoms with Crippen molar-refractivity contribution in [3.05, 3.63) is 53.6 Å². The predicted molar refractivity (Wildman–Crippen MR) is 90.6 cm³/mol. The maximum absolute atomic E-state index is 11.0. The first kappa shape index (κ1) is 17.6. The number of nitrogens with zero attached hydrogens (tertiary/aromatic N) is 1. The molecule has 1 unspecified atom stereocenters. The Hall–Kier alpha value is -1.76. The summed E-state index contributed by atoms with van der Waals surface area (Å²) in [6.45, 7) is 0.340. The number of methoxy groups -OCH3 is 1. The molecule has 2 aromatic rings. The Morgan fingerprint density at radius 3 is 2.70 bits per heavy atom. The molecule has 5 nitrogen and oxygen atoms in total. The molecule has 0 radical (unpaired) electrons. The van der Waals surface area contributed by atoms with E-state index in [2.05, 4.69) is 0 Å². The van der Waals surface area contributed by atoms with E-state index >= 15 is 0 Å². The average Bonchev–Trinajstić information content (AvgIpc) is 2.59. The van der Waals surface area contributed by atoms with Gasteiger partial charge in [0.1, 0.15) is 18.1 Å². The summed E-state index contributed by atoms with van der Waals surface area (Å²) in [6.07, 6.45) is 0. The molecule has 0 amide bonds. The quantitative estimate of drug-likeness (QED) is 0.565. The van der Waals surface area contributed by atoms with Crippen LogP contribution in [0.1, 0.15) is 11.1 Å². The van der Waals surface area contributed by atoms with Crippen LogP contribution in [0.2, 0.25) is 0 Å². The molecule has 2 aromatic carbocycles. The van der Waals surface area contributed by atoms with Gasteiger partial charge >= 0.3 is 0 Å². The summed E-state index contributed by atoms with van der Waals surface area (Å²) in [7, 11) is 3.07. The number of hydrogen-bond acceptors (Lipinski definition) is 4. The highest BCUT2D eigenvalue weighted by atomic mass is 35.5. The van der Waals surface area contributed by atoms with E-state index in [1.165, 1.54) is 7.05 Å². The van der Waals surface area contributed by atoms with Gasteiger partial charge in [-0.3, -0.25) is 4.21 Å². The topological polar surface area (TPSA) is 61.8 Å². The number of ether oxygens (including phenoxy) is 2. The van der Waals surface area contributed by atoms with Crippen molar-refractivity contribution in [2.45, 2.75) is 12.5 Å². The Labute approximate surface area is 143 Å². The van der Waals surface area contributed by atoms with Gasteiger partial charge in [-0.15, -0.1) is 11.6 Å². The Bertz CT molecular complexity index is 696. The molecule has 0 saturated heterocycles. The van der Waals surface area contributed by atoms with Crippen LogP contribution in [0.3, 0.4) is 0 Å². The first-order chi connectivity index (χ1) is 11.0. The second kappa shape index (κ2) is 8.19. The van der Waals surface area contributed by atoms with Crippen LogP contribution >= 0.6 is 11.6 Å². The van der Waals surface area contributed by atoms with Crippen molar-refractivity contribution < 1.29 is 18.2 Å². The summed E-state index contributed by atoms with van der Waals surface area (Å²) in [5, 5.41) is 0. The molecule has 0 aliphatic rings. The molecule has 23 heavy (non-hydrogen) atoms. The zero-order chi connectivity index (χ0) is 16.8. The zero-order valence-corrected chi connectivity index (χ0v) is 14.4. The monoisotopic (exact) mass is 354 g/mol. The van der Waals surface area contributed by atoms with Crippen LogP contribution in [-0.4, -0.2) is 22.9 Å². The van der Waals surface area contributed by atoms with Gasteiger partial charge in [0.25, 0.3) is 0 Å². The maximum atomic E-state index is 11.0. The minimum absolute atomic E-state index is 0.340. The van der Waals surface area contributed by atoms with E-state index in [0.29, 0.717) is 23.9 Å². The fourth-order valence-corrected chi connectivity index (χ4v) is 2.52. The number of alkyl halides is 1. The van der Waals surface area contributed by atoms with Gasteiger partial charge in [-0.2, -0.15) is 0 Å². The molecule has 1 atom stereocenters. The van der Waals surface area contributed by atoms with E-state index in [1.54, 1.807) is 31.4 Å². The van der Waals surface area contributed by atoms with Gasteiger partial charge in [-0.25, -0.2) is 0 Å². The van der Waals surface area contributed by atoms with E-state index in [1.807, 2.05) is 18.2 Å². The summed E-state index contributed by atoms with van der Waals surface area (Å²) in [5.74, 6) is 1.68. The largest absolute Gasteiger partial charge is 0.755 e. The summed E-state index contributed by atoms with van der Waals surface area (Å²) < 4.78 is 34.1. The molecule has 0 saturated carbocycles. The highest BCUT2D eigenvalue weighted by Crippen LogP contribution is 2.24. The average molecular weight is 355 g/mol. The first-order valence-corrected chi connectivity index (χ1v) is 8.39. The molecule has 0 N–H and O–H groups in total. The minimum Gasteiger partial charge on any atom is -0.755 e. The third-order valence-electron chi connectivity index (χ3n) is 3.31. The van der Waals surface area contributed by atoms with Crippen molar-refractivity contribution >= 4 is 28.6 Å². The number of rotatable bonds is 7. The van der Waals surface area contributed by atoms with Crippen LogP contribution in [0.25, 0.3) is 0 Å². The lowest BCUT2D eigenvalue weighted by molar-refractivity contribution is 0.305. The number of anilines is 1. The van der Waals surface area contributed by atoms with Crippen molar-refractivity contribution in [1.29, 1.82) is 0 Å². The summed E-state index contributed by atoms with van der Waals surface area (Å²) >= 11 is 3.52. The molecule has 0 heterocycles. The maximum Gasteiger partial charge on any atom is 0.123 e. The molecule has 0 spiro atoms. The minimum atomic E-state index is -2.32. The van der Waals surface area contributed by atoms with E-state index in [-0.39, 0.29) is 0 Å². The van der Waals surface area contributed by atoms with E-state index in [4.69, 9.17) is 21.1 Å². The van der Waals surface area contributed by atoms with E-state index < -0.39 is 11.3 Å². The van der Waals surface area contributed by atoms with Crippen LogP contribution in [0.15, 0.2) is 42.5 Å². The van der Waals surface area contributed by atoms with Gasteiger partial charge in [0.05, 0.1) is 18.7 Å². The number of halogens is 1. The van der Waals surface area contributed by atoms with Crippen LogP contribution in [0, 0.1) is 0 Å². The second-order valence-electron chi connectivity index (χ2n) is 4.78. The van der Waals surface area contributed by atoms with Crippen molar-refractivity contribution in [3.63, 3.8) is 0 Å². The van der Waals surface area contributed by atoms with Gasteiger partial charge in [-0.05, 0) is 23.8 Å². The molecular formula is C16H17ClNO4S-. The lowest BCUT2D eigenvalue weighted by Gasteiger charge is -2.21. The van der Waals surface area contributed by atoms with Crippen LogP contribution in [0.4, 0.5) is 5.69 Å². The molecule has 0 aliphatic heterocycles. The number of benzene rings is 2. The van der Waals surface area contributed by atoms with Gasteiger partial charge in [0.2, 0.25) is 0 Å². The third kappa shape index (κ3) is 4.60. The first-order valence-electron chi connectivity index (χ1n) is 6.83. The van der Waals surface area contributed by atoms with Crippen molar-refractivity contribution in [3.8, 4) is 11.5 Å². The third-order valence-corrected chi connectivity index (χ3v) is 4.25. The van der Waals surface area contributed by atoms with E-state index in [9.17, 15) is 8.76 Å². The molecule has 0 fully saturated rings. The Balaban J connectivity index is 2.09. The molecule has 7 heteroatoms. The standard InChI is InChI=1S/C16H18ClNO4S/c1-18(23(19)20)14-4-3-5-15(9-14)22-11-12-6-7-13(10-17)16(8-12)21-2/h3-9H,10-11H2,1-2H3,(H,19,20)/p-1. The van der Waals surface area contributed by atoms with Gasteiger partial charge in [-0.1, -0.05) is 18.2 Å². The van der Waals surface area contributed by atoms with Crippen LogP contribution in [-0.2, 0) is 23.8 Å². The zero-order valence-electron chi connectivity index (χ0n) is 12.8. The van der Waals surface area contributed by atoms with Crippen LogP contribution in [0.5, 0.6) is 11.5 Å². The van der Waals surface area contributed by atoms with Gasteiger partial charge in [0.15, 0.2) is 0 Å². The molecule has 124 valence electrons. The predicted octanol–water partition coefficient (Wildman–Crippen LogP) is 3.24. The SMILES string of the molecule is COc1cc(COc2cccc(N(C)S(=O)[O-])c2)ccc1CCl. The lowest BCUT2D eigenvalue weighted by atomic mass is 10.1. The van der Waals surface area contributed by atoms with Crippen molar-refractivity contribution in [2.24, 2.45) is 0 Å². The van der Waals surface area contributed by atoms with E-state index in [0.717, 1.165) is 21.2 Å². The van der Waals surface area contributed by atoms with Crippen molar-refractivity contribution in [2.75, 3.05) is 18.5 Å². The molecule has 2 rings (SSSR count). The normalized spacial score (nSPS) is 11.8. The smallest absolute Gasteiger partial charge is 0.123 e. The highest BCUT2D eigenvalue weighted by Gasteiger charge is 2.06. The number of hydrogen-bond donors (Lipinski definition) is 0. The Morgan fingerprint density at radius 2 is 2.04 bits per heavy atom. The molecular weight excluding hydrogens is 338 g/mol. The van der Waals surface area contributed by atoms with Gasteiger partial charge < -0.3 is 18.3 Å². The fourth-order valence-electron chi connectivity index (χ4n) is 2.01.